The summed E-state index contributed by atoms with van der Waals surface area (Å²) in [6, 6.07) is 11.9. The van der Waals surface area contributed by atoms with Crippen molar-refractivity contribution in [2.24, 2.45) is 5.92 Å². The Labute approximate surface area is 228 Å². The number of carbonyl (C=O) groups excluding carboxylic acids is 2. The third-order valence-electron chi connectivity index (χ3n) is 7.64. The van der Waals surface area contributed by atoms with Crippen LogP contribution in [0.3, 0.4) is 0 Å². The average Bonchev–Trinajstić information content (AvgIpc) is 3.40. The molecule has 0 aliphatic carbocycles. The minimum Gasteiger partial charge on any atom is -0.389 e. The van der Waals surface area contributed by atoms with E-state index in [1.54, 1.807) is 4.90 Å². The number of amides is 2. The molecule has 0 saturated carbocycles. The van der Waals surface area contributed by atoms with Gasteiger partial charge in [-0.05, 0) is 48.9 Å². The van der Waals surface area contributed by atoms with E-state index in [0.717, 1.165) is 24.5 Å². The fourth-order valence-electron chi connectivity index (χ4n) is 5.42. The zero-order valence-corrected chi connectivity index (χ0v) is 22.5. The smallest absolute Gasteiger partial charge is 0.225 e. The lowest BCUT2D eigenvalue weighted by Gasteiger charge is -2.34. The number of hydrogen-bond donors (Lipinski definition) is 3. The van der Waals surface area contributed by atoms with Crippen LogP contribution >= 0.6 is 0 Å². The molecule has 2 heterocycles. The van der Waals surface area contributed by atoms with Gasteiger partial charge in [0.15, 0.2) is 0 Å². The molecule has 0 radical (unpaired) electrons. The number of nitrogens with zero attached hydrogens (tertiary/aromatic N) is 1. The van der Waals surface area contributed by atoms with Crippen LogP contribution in [-0.2, 0) is 27.4 Å². The molecule has 0 bridgehead atoms. The summed E-state index contributed by atoms with van der Waals surface area (Å²) in [5, 5.41) is 17.6. The summed E-state index contributed by atoms with van der Waals surface area (Å²) in [7, 11) is 0. The number of hydrogen-bond acceptors (Lipinski definition) is 5. The zero-order valence-electron chi connectivity index (χ0n) is 22.5. The monoisotopic (exact) mass is 543 g/mol. The van der Waals surface area contributed by atoms with E-state index in [1.165, 1.54) is 12.1 Å². The number of aliphatic hydroxyl groups excluding tert-OH is 1. The van der Waals surface area contributed by atoms with E-state index in [0.29, 0.717) is 51.1 Å². The minimum atomic E-state index is -1.02. The molecule has 0 aromatic heterocycles. The predicted molar refractivity (Wildman–Crippen MR) is 144 cm³/mol. The van der Waals surface area contributed by atoms with Crippen molar-refractivity contribution in [3.63, 3.8) is 0 Å². The van der Waals surface area contributed by atoms with Crippen molar-refractivity contribution < 1.29 is 28.2 Å². The molecular weight excluding hydrogens is 504 g/mol. The predicted octanol–water partition coefficient (Wildman–Crippen LogP) is 3.34. The Kier molecular flexibility index (Phi) is 10.4. The standard InChI is InChI=1S/C30H39F2N3O4/c1-2-3-11-35-18-22(9-10-28(35)36)30(38)34-27(14-21-12-23(31)15-24(32)13-21)29(37)26-16-25(17-33-26)39-19-20-7-5-4-6-8-20/h4-8,12-13,15,22,25-27,29,33,37H,2-3,9-11,14,16-19H2,1H3,(H,34,38)/t22?,25-,26-,27+,29-/m1/s1. The fourth-order valence-corrected chi connectivity index (χ4v) is 5.42. The number of likely N-dealkylation sites (tertiary alicyclic amines) is 1. The van der Waals surface area contributed by atoms with E-state index in [4.69, 9.17) is 4.74 Å². The molecule has 212 valence electrons. The molecule has 2 aliphatic heterocycles. The van der Waals surface area contributed by atoms with Gasteiger partial charge in [-0.3, -0.25) is 9.59 Å². The molecule has 2 aromatic carbocycles. The Morgan fingerprint density at radius 2 is 1.92 bits per heavy atom. The van der Waals surface area contributed by atoms with Crippen LogP contribution < -0.4 is 10.6 Å². The first-order chi connectivity index (χ1) is 18.8. The van der Waals surface area contributed by atoms with Crippen molar-refractivity contribution in [1.82, 2.24) is 15.5 Å². The van der Waals surface area contributed by atoms with Gasteiger partial charge in [-0.25, -0.2) is 8.78 Å². The maximum absolute atomic E-state index is 13.9. The number of carbonyl (C=O) groups is 2. The number of rotatable bonds is 12. The Bertz CT molecular complexity index is 1080. The van der Waals surface area contributed by atoms with Crippen molar-refractivity contribution in [2.75, 3.05) is 19.6 Å². The van der Waals surface area contributed by atoms with Crippen molar-refractivity contribution >= 4 is 11.8 Å². The van der Waals surface area contributed by atoms with Gasteiger partial charge in [-0.2, -0.15) is 0 Å². The Hall–Kier alpha value is -2.88. The topological polar surface area (TPSA) is 90.9 Å². The maximum Gasteiger partial charge on any atom is 0.225 e. The van der Waals surface area contributed by atoms with E-state index in [2.05, 4.69) is 10.6 Å². The first kappa shape index (κ1) is 29.1. The van der Waals surface area contributed by atoms with Crippen LogP contribution in [0.4, 0.5) is 8.78 Å². The summed E-state index contributed by atoms with van der Waals surface area (Å²) in [6.45, 7) is 3.99. The summed E-state index contributed by atoms with van der Waals surface area (Å²) >= 11 is 0. The Morgan fingerprint density at radius 3 is 2.64 bits per heavy atom. The molecule has 2 fully saturated rings. The number of unbranched alkanes of at least 4 members (excludes halogenated alkanes) is 1. The summed E-state index contributed by atoms with van der Waals surface area (Å²) in [6.07, 6.45) is 1.99. The van der Waals surface area contributed by atoms with E-state index >= 15 is 0 Å². The molecule has 7 nitrogen and oxygen atoms in total. The molecular formula is C30H39F2N3O4. The summed E-state index contributed by atoms with van der Waals surface area (Å²) < 4.78 is 33.9. The third kappa shape index (κ3) is 8.30. The second-order valence-electron chi connectivity index (χ2n) is 10.7. The quantitative estimate of drug-likeness (QED) is 0.382. The Balaban J connectivity index is 1.42. The van der Waals surface area contributed by atoms with Crippen molar-refractivity contribution in [3.05, 3.63) is 71.3 Å². The zero-order chi connectivity index (χ0) is 27.8. The Morgan fingerprint density at radius 1 is 1.18 bits per heavy atom. The number of aliphatic hydroxyl groups is 1. The van der Waals surface area contributed by atoms with Crippen LogP contribution in [0.5, 0.6) is 0 Å². The summed E-state index contributed by atoms with van der Waals surface area (Å²) in [5.74, 6) is -2.04. The molecule has 39 heavy (non-hydrogen) atoms. The normalized spacial score (nSPS) is 23.0. The van der Waals surface area contributed by atoms with Gasteiger partial charge in [-0.15, -0.1) is 0 Å². The lowest BCUT2D eigenvalue weighted by atomic mass is 9.92. The lowest BCUT2D eigenvalue weighted by Crippen LogP contribution is -2.55. The molecule has 2 amide bonds. The van der Waals surface area contributed by atoms with Crippen LogP contribution in [-0.4, -0.2) is 65.7 Å². The highest BCUT2D eigenvalue weighted by molar-refractivity contribution is 5.84. The first-order valence-electron chi connectivity index (χ1n) is 13.9. The van der Waals surface area contributed by atoms with E-state index in [-0.39, 0.29) is 30.4 Å². The van der Waals surface area contributed by atoms with E-state index < -0.39 is 29.7 Å². The average molecular weight is 544 g/mol. The molecule has 2 aromatic rings. The first-order valence-corrected chi connectivity index (χ1v) is 13.9. The SMILES string of the molecule is CCCCN1CC(C(=O)N[C@@H](Cc2cc(F)cc(F)c2)[C@H](O)[C@H]2C[C@@H](OCc3ccccc3)CN2)CCC1=O. The second-order valence-corrected chi connectivity index (χ2v) is 10.7. The molecule has 2 saturated heterocycles. The number of nitrogens with one attached hydrogen (secondary N) is 2. The molecule has 9 heteroatoms. The van der Waals surface area contributed by atoms with Gasteiger partial charge in [0, 0.05) is 38.2 Å². The molecule has 0 spiro atoms. The van der Waals surface area contributed by atoms with Gasteiger partial charge in [0.2, 0.25) is 11.8 Å². The molecule has 3 N–H and O–H groups in total. The fraction of sp³-hybridized carbons (Fsp3) is 0.533. The minimum absolute atomic E-state index is 0.0519. The molecule has 1 unspecified atom stereocenters. The van der Waals surface area contributed by atoms with Gasteiger partial charge in [0.1, 0.15) is 11.6 Å². The van der Waals surface area contributed by atoms with Gasteiger partial charge in [-0.1, -0.05) is 43.7 Å². The van der Waals surface area contributed by atoms with Crippen LogP contribution in [0.15, 0.2) is 48.5 Å². The number of benzene rings is 2. The van der Waals surface area contributed by atoms with Gasteiger partial charge in [0.25, 0.3) is 0 Å². The van der Waals surface area contributed by atoms with E-state index in [1.807, 2.05) is 37.3 Å². The van der Waals surface area contributed by atoms with Crippen molar-refractivity contribution in [1.29, 1.82) is 0 Å². The molecule has 2 aliphatic rings. The molecule has 5 atom stereocenters. The second kappa shape index (κ2) is 14.0. The van der Waals surface area contributed by atoms with Gasteiger partial charge < -0.3 is 25.4 Å². The summed E-state index contributed by atoms with van der Waals surface area (Å²) in [4.78, 5) is 27.4. The largest absolute Gasteiger partial charge is 0.389 e. The van der Waals surface area contributed by atoms with Gasteiger partial charge in [0.05, 0.1) is 30.8 Å². The van der Waals surface area contributed by atoms with Crippen LogP contribution in [0, 0.1) is 17.6 Å². The third-order valence-corrected chi connectivity index (χ3v) is 7.64. The lowest BCUT2D eigenvalue weighted by molar-refractivity contribution is -0.138. The number of halogens is 2. The van der Waals surface area contributed by atoms with Crippen LogP contribution in [0.2, 0.25) is 0 Å². The summed E-state index contributed by atoms with van der Waals surface area (Å²) in [5.41, 5.74) is 1.40. The number of piperidine rings is 1. The highest BCUT2D eigenvalue weighted by Crippen LogP contribution is 2.22. The van der Waals surface area contributed by atoms with Crippen molar-refractivity contribution in [2.45, 2.75) is 76.3 Å². The van der Waals surface area contributed by atoms with Crippen LogP contribution in [0.25, 0.3) is 0 Å². The highest BCUT2D eigenvalue weighted by atomic mass is 19.1. The van der Waals surface area contributed by atoms with Crippen LogP contribution in [0.1, 0.15) is 50.2 Å². The number of ether oxygens (including phenoxy) is 1. The van der Waals surface area contributed by atoms with Gasteiger partial charge >= 0.3 is 0 Å². The maximum atomic E-state index is 13.9. The highest BCUT2D eigenvalue weighted by Gasteiger charge is 2.37. The molecule has 4 rings (SSSR count). The van der Waals surface area contributed by atoms with E-state index in [9.17, 15) is 23.5 Å². The van der Waals surface area contributed by atoms with Crippen molar-refractivity contribution in [3.8, 4) is 0 Å².